The Balaban J connectivity index is 1.56. The number of primary amides is 1. The summed E-state index contributed by atoms with van der Waals surface area (Å²) in [5, 5.41) is 4.82. The van der Waals surface area contributed by atoms with E-state index in [1.807, 2.05) is 4.90 Å². The Bertz CT molecular complexity index is 1420. The van der Waals surface area contributed by atoms with Gasteiger partial charge in [-0.15, -0.1) is 11.5 Å². The lowest BCUT2D eigenvalue weighted by atomic mass is 9.94. The van der Waals surface area contributed by atoms with Gasteiger partial charge in [-0.1, -0.05) is 5.92 Å². The van der Waals surface area contributed by atoms with E-state index in [0.29, 0.717) is 43.3 Å². The van der Waals surface area contributed by atoms with Gasteiger partial charge in [-0.05, 0) is 24.3 Å². The minimum Gasteiger partial charge on any atom is -0.352 e. The number of anilines is 1. The molecule has 5 rings (SSSR count). The minimum atomic E-state index is -1.06. The Morgan fingerprint density at radius 2 is 1.94 bits per heavy atom. The molecule has 0 spiro atoms. The minimum absolute atomic E-state index is 0.184. The molecule has 8 nitrogen and oxygen atoms in total. The van der Waals surface area contributed by atoms with Crippen molar-refractivity contribution in [2.24, 2.45) is 5.73 Å². The lowest BCUT2D eigenvalue weighted by Gasteiger charge is -2.34. The molecule has 33 heavy (non-hydrogen) atoms. The Hall–Kier alpha value is -4.26. The summed E-state index contributed by atoms with van der Waals surface area (Å²) < 4.78 is 31.9. The fraction of sp³-hybridized carbons (Fsp3) is 0.217. The van der Waals surface area contributed by atoms with Crippen LogP contribution in [0.1, 0.15) is 17.2 Å². The van der Waals surface area contributed by atoms with E-state index in [-0.39, 0.29) is 16.5 Å². The first-order valence-electron chi connectivity index (χ1n) is 10.3. The molecular weight excluding hydrogens is 428 g/mol. The number of pyridine rings is 1. The van der Waals surface area contributed by atoms with Crippen molar-refractivity contribution in [1.82, 2.24) is 24.5 Å². The van der Waals surface area contributed by atoms with Gasteiger partial charge in [0.2, 0.25) is 0 Å². The largest absolute Gasteiger partial charge is 0.352 e. The summed E-state index contributed by atoms with van der Waals surface area (Å²) in [5.41, 5.74) is 6.17. The lowest BCUT2D eigenvalue weighted by Crippen LogP contribution is -2.50. The molecule has 10 heteroatoms. The molecule has 0 radical (unpaired) electrons. The number of carbonyl (C=O) groups excluding carboxylic acids is 1. The predicted octanol–water partition coefficient (Wildman–Crippen LogP) is 2.52. The average Bonchev–Trinajstić information content (AvgIpc) is 3.25. The van der Waals surface area contributed by atoms with Crippen molar-refractivity contribution in [3.05, 3.63) is 65.6 Å². The van der Waals surface area contributed by atoms with Crippen molar-refractivity contribution < 1.29 is 13.6 Å². The Kier molecular flexibility index (Phi) is 5.01. The molecule has 1 fully saturated rings. The van der Waals surface area contributed by atoms with Gasteiger partial charge in [-0.25, -0.2) is 23.1 Å². The van der Waals surface area contributed by atoms with Gasteiger partial charge in [-0.2, -0.15) is 0 Å². The van der Waals surface area contributed by atoms with Crippen LogP contribution in [-0.4, -0.2) is 56.7 Å². The van der Waals surface area contributed by atoms with E-state index >= 15 is 8.78 Å². The summed E-state index contributed by atoms with van der Waals surface area (Å²) in [6, 6.07) is 7.40. The SMILES string of the molecule is C#CC(c1c(F)cc2ncccc2c1F)c1cnc2ccc(N3CCN(C(N)=O)CC3)nn12. The smallest absolute Gasteiger partial charge is 0.314 e. The summed E-state index contributed by atoms with van der Waals surface area (Å²) in [4.78, 5) is 23.3. The number of piperazine rings is 1. The van der Waals surface area contributed by atoms with Gasteiger partial charge in [0.1, 0.15) is 17.5 Å². The second-order valence-electron chi connectivity index (χ2n) is 7.71. The van der Waals surface area contributed by atoms with Gasteiger partial charge < -0.3 is 15.5 Å². The first-order chi connectivity index (χ1) is 16.0. The molecule has 3 aromatic heterocycles. The third-order valence-corrected chi connectivity index (χ3v) is 5.87. The number of imidazole rings is 1. The van der Waals surface area contributed by atoms with Crippen LogP contribution in [0, 0.1) is 24.0 Å². The van der Waals surface area contributed by atoms with Crippen molar-refractivity contribution in [2.75, 3.05) is 31.1 Å². The fourth-order valence-corrected chi connectivity index (χ4v) is 4.15. The van der Waals surface area contributed by atoms with Crippen LogP contribution in [0.2, 0.25) is 0 Å². The molecule has 0 bridgehead atoms. The highest BCUT2D eigenvalue weighted by atomic mass is 19.1. The molecule has 1 aromatic carbocycles. The molecule has 1 saturated heterocycles. The maximum atomic E-state index is 15.4. The van der Waals surface area contributed by atoms with E-state index in [4.69, 9.17) is 12.2 Å². The summed E-state index contributed by atoms with van der Waals surface area (Å²) in [6.07, 6.45) is 8.72. The van der Waals surface area contributed by atoms with Gasteiger partial charge in [0.15, 0.2) is 5.65 Å². The number of halogens is 2. The maximum absolute atomic E-state index is 15.4. The predicted molar refractivity (Wildman–Crippen MR) is 119 cm³/mol. The second-order valence-corrected chi connectivity index (χ2v) is 7.71. The maximum Gasteiger partial charge on any atom is 0.314 e. The first-order valence-corrected chi connectivity index (χ1v) is 10.3. The monoisotopic (exact) mass is 447 g/mol. The van der Waals surface area contributed by atoms with Crippen LogP contribution in [0.3, 0.4) is 0 Å². The number of hydrogen-bond acceptors (Lipinski definition) is 5. The number of carbonyl (C=O) groups is 1. The zero-order valence-electron chi connectivity index (χ0n) is 17.4. The number of rotatable bonds is 3. The highest BCUT2D eigenvalue weighted by molar-refractivity contribution is 5.80. The zero-order valence-corrected chi connectivity index (χ0v) is 17.4. The Morgan fingerprint density at radius 3 is 2.67 bits per heavy atom. The van der Waals surface area contributed by atoms with Crippen LogP contribution >= 0.6 is 0 Å². The molecule has 166 valence electrons. The van der Waals surface area contributed by atoms with E-state index < -0.39 is 23.6 Å². The van der Waals surface area contributed by atoms with Crippen LogP contribution in [0.25, 0.3) is 16.6 Å². The van der Waals surface area contributed by atoms with E-state index in [0.717, 1.165) is 0 Å². The molecule has 1 unspecified atom stereocenters. The number of nitrogens with two attached hydrogens (primary N) is 1. The highest BCUT2D eigenvalue weighted by Crippen LogP contribution is 2.33. The molecule has 0 saturated carbocycles. The van der Waals surface area contributed by atoms with Gasteiger partial charge in [0, 0.05) is 49.4 Å². The zero-order chi connectivity index (χ0) is 23.1. The lowest BCUT2D eigenvalue weighted by molar-refractivity contribution is 0.204. The summed E-state index contributed by atoms with van der Waals surface area (Å²) in [6.45, 7) is 2.04. The molecule has 2 N–H and O–H groups in total. The Labute approximate surface area is 187 Å². The molecular formula is C23H19F2N7O. The normalized spacial score (nSPS) is 15.1. The number of terminal acetylenes is 1. The van der Waals surface area contributed by atoms with Gasteiger partial charge in [0.05, 0.1) is 23.3 Å². The highest BCUT2D eigenvalue weighted by Gasteiger charge is 2.27. The van der Waals surface area contributed by atoms with Gasteiger partial charge >= 0.3 is 6.03 Å². The quantitative estimate of drug-likeness (QED) is 0.487. The number of fused-ring (bicyclic) bond motifs is 2. The van der Waals surface area contributed by atoms with Crippen molar-refractivity contribution in [1.29, 1.82) is 0 Å². The van der Waals surface area contributed by atoms with Crippen LogP contribution in [0.15, 0.2) is 42.7 Å². The third-order valence-electron chi connectivity index (χ3n) is 5.87. The van der Waals surface area contributed by atoms with Crippen molar-refractivity contribution in [2.45, 2.75) is 5.92 Å². The van der Waals surface area contributed by atoms with Crippen molar-refractivity contribution in [3.8, 4) is 12.3 Å². The molecule has 0 aliphatic carbocycles. The summed E-state index contributed by atoms with van der Waals surface area (Å²) >= 11 is 0. The molecule has 4 aromatic rings. The van der Waals surface area contributed by atoms with E-state index in [9.17, 15) is 4.79 Å². The molecule has 2 amide bonds. The summed E-state index contributed by atoms with van der Waals surface area (Å²) in [7, 11) is 0. The van der Waals surface area contributed by atoms with Crippen LogP contribution < -0.4 is 10.6 Å². The molecule has 1 aliphatic heterocycles. The van der Waals surface area contributed by atoms with Crippen molar-refractivity contribution in [3.63, 3.8) is 0 Å². The molecule has 4 heterocycles. The van der Waals surface area contributed by atoms with Crippen LogP contribution in [-0.2, 0) is 0 Å². The van der Waals surface area contributed by atoms with Crippen molar-refractivity contribution >= 4 is 28.4 Å². The number of urea groups is 1. The number of benzene rings is 1. The van der Waals surface area contributed by atoms with Crippen LogP contribution in [0.5, 0.6) is 0 Å². The van der Waals surface area contributed by atoms with Crippen LogP contribution in [0.4, 0.5) is 19.4 Å². The Morgan fingerprint density at radius 1 is 1.15 bits per heavy atom. The van der Waals surface area contributed by atoms with E-state index in [1.165, 1.54) is 29.0 Å². The van der Waals surface area contributed by atoms with E-state index in [2.05, 4.69) is 21.0 Å². The average molecular weight is 447 g/mol. The number of amides is 2. The van der Waals surface area contributed by atoms with Gasteiger partial charge in [-0.3, -0.25) is 4.98 Å². The molecule has 1 atom stereocenters. The van der Waals surface area contributed by atoms with Gasteiger partial charge in [0.25, 0.3) is 0 Å². The topological polar surface area (TPSA) is 92.6 Å². The van der Waals surface area contributed by atoms with E-state index in [1.54, 1.807) is 23.1 Å². The summed E-state index contributed by atoms with van der Waals surface area (Å²) in [5.74, 6) is 0.540. The second kappa shape index (κ2) is 8.02. The third kappa shape index (κ3) is 3.47. The standard InChI is InChI=1S/C23H19F2N7O/c1-2-14(21-16(24)12-17-15(22(21)25)4-3-7-27-17)18-13-28-19-5-6-20(29-32(18)19)30-8-10-31(11-9-30)23(26)33/h1,3-7,12-14H,8-11H2,(H2,26,33). The number of aromatic nitrogens is 4. The fourth-order valence-electron chi connectivity index (χ4n) is 4.15. The number of nitrogens with zero attached hydrogens (tertiary/aromatic N) is 6. The molecule has 1 aliphatic rings. The number of hydrogen-bond donors (Lipinski definition) is 1. The first kappa shape index (κ1) is 20.6.